The summed E-state index contributed by atoms with van der Waals surface area (Å²) >= 11 is 0. The van der Waals surface area contributed by atoms with E-state index in [1.54, 1.807) is 0 Å². The lowest BCUT2D eigenvalue weighted by Crippen LogP contribution is -2.14. The molecule has 69 valence electrons. The van der Waals surface area contributed by atoms with E-state index in [0.29, 0.717) is 9.04 Å². The SMILES string of the molecule is [Si][Si]c1cccc2c1[nH]c1ccccc12. The van der Waals surface area contributed by atoms with Crippen LogP contribution in [0.1, 0.15) is 0 Å². The van der Waals surface area contributed by atoms with Gasteiger partial charge in [0.1, 0.15) is 0 Å². The predicted molar refractivity (Wildman–Crippen MR) is 66.9 cm³/mol. The largest absolute Gasteiger partial charge is 0.355 e. The first-order valence-electron chi connectivity index (χ1n) is 4.82. The van der Waals surface area contributed by atoms with E-state index in [0.717, 1.165) is 0 Å². The normalized spacial score (nSPS) is 11.3. The van der Waals surface area contributed by atoms with Crippen LogP contribution in [0.4, 0.5) is 0 Å². The second-order valence-electron chi connectivity index (χ2n) is 3.52. The van der Waals surface area contributed by atoms with Crippen molar-refractivity contribution in [2.75, 3.05) is 0 Å². The Morgan fingerprint density at radius 3 is 2.60 bits per heavy atom. The Bertz CT molecular complexity index is 628. The molecule has 15 heavy (non-hydrogen) atoms. The van der Waals surface area contributed by atoms with Crippen molar-refractivity contribution in [1.82, 2.24) is 4.98 Å². The van der Waals surface area contributed by atoms with Gasteiger partial charge in [-0.1, -0.05) is 36.4 Å². The van der Waals surface area contributed by atoms with Crippen LogP contribution in [0.25, 0.3) is 21.8 Å². The topological polar surface area (TPSA) is 15.8 Å². The summed E-state index contributed by atoms with van der Waals surface area (Å²) in [7, 11) is 4.24. The lowest BCUT2D eigenvalue weighted by molar-refractivity contribution is 1.56. The quantitative estimate of drug-likeness (QED) is 0.604. The van der Waals surface area contributed by atoms with E-state index in [4.69, 9.17) is 0 Å². The van der Waals surface area contributed by atoms with Gasteiger partial charge < -0.3 is 4.98 Å². The molecule has 0 bridgehead atoms. The maximum Gasteiger partial charge on any atom is 0.0633 e. The van der Waals surface area contributed by atoms with Crippen molar-refractivity contribution in [3.05, 3.63) is 42.5 Å². The predicted octanol–water partition coefficient (Wildman–Crippen LogP) is 1.73. The fourth-order valence-electron chi connectivity index (χ4n) is 1.98. The molecule has 1 N–H and O–H groups in total. The zero-order valence-electron chi connectivity index (χ0n) is 8.04. The lowest BCUT2D eigenvalue weighted by atomic mass is 10.1. The van der Waals surface area contributed by atoms with Crippen LogP contribution in [0, 0.1) is 0 Å². The van der Waals surface area contributed by atoms with Gasteiger partial charge >= 0.3 is 0 Å². The maximum absolute atomic E-state index is 3.59. The molecule has 1 nitrogen and oxygen atoms in total. The van der Waals surface area contributed by atoms with Crippen molar-refractivity contribution in [1.29, 1.82) is 0 Å². The first-order chi connectivity index (χ1) is 7.40. The first-order valence-corrected chi connectivity index (χ1v) is 7.32. The fraction of sp³-hybridized carbons (Fsp3) is 0. The average molecular weight is 222 g/mol. The maximum atomic E-state index is 3.59. The molecule has 0 aliphatic rings. The van der Waals surface area contributed by atoms with Crippen LogP contribution in [0.15, 0.2) is 42.5 Å². The summed E-state index contributed by atoms with van der Waals surface area (Å²) in [6.45, 7) is 0. The molecule has 0 fully saturated rings. The summed E-state index contributed by atoms with van der Waals surface area (Å²) < 4.78 is 0. The highest BCUT2D eigenvalue weighted by atomic mass is 29.1. The molecule has 3 rings (SSSR count). The Balaban J connectivity index is 2.53. The molecule has 1 heterocycles. The van der Waals surface area contributed by atoms with Gasteiger partial charge in [-0.05, 0) is 11.3 Å². The standard InChI is InChI=1S/C12H8NSi2/c14-15-11-7-3-5-9-8-4-1-2-6-10(8)13-12(9)11/h1-7,13H. The van der Waals surface area contributed by atoms with Gasteiger partial charge in [0.25, 0.3) is 0 Å². The summed E-state index contributed by atoms with van der Waals surface area (Å²) in [5.74, 6) is 0. The highest BCUT2D eigenvalue weighted by Crippen LogP contribution is 2.23. The fourth-order valence-corrected chi connectivity index (χ4v) is 3.10. The van der Waals surface area contributed by atoms with Gasteiger partial charge in [0.2, 0.25) is 0 Å². The number of aromatic amines is 1. The van der Waals surface area contributed by atoms with Gasteiger partial charge in [-0.2, -0.15) is 0 Å². The molecule has 0 aliphatic heterocycles. The Labute approximate surface area is 93.5 Å². The molecule has 0 saturated carbocycles. The highest BCUT2D eigenvalue weighted by Gasteiger charge is 2.05. The minimum Gasteiger partial charge on any atom is -0.355 e. The van der Waals surface area contributed by atoms with Crippen LogP contribution < -0.4 is 5.19 Å². The number of nitrogens with one attached hydrogen (secondary N) is 1. The van der Waals surface area contributed by atoms with E-state index < -0.39 is 0 Å². The zero-order chi connectivity index (χ0) is 10.3. The van der Waals surface area contributed by atoms with E-state index in [-0.39, 0.29) is 0 Å². The van der Waals surface area contributed by atoms with E-state index in [9.17, 15) is 0 Å². The Kier molecular flexibility index (Phi) is 2.00. The summed E-state index contributed by atoms with van der Waals surface area (Å²) in [5, 5.41) is 3.95. The number of benzene rings is 2. The van der Waals surface area contributed by atoms with Crippen LogP contribution in [0.3, 0.4) is 0 Å². The third-order valence-electron chi connectivity index (χ3n) is 2.68. The number of H-pyrrole nitrogens is 1. The number of fused-ring (bicyclic) bond motifs is 3. The molecule has 1 aromatic heterocycles. The van der Waals surface area contributed by atoms with Crippen molar-refractivity contribution in [2.45, 2.75) is 0 Å². The van der Waals surface area contributed by atoms with Crippen LogP contribution in [-0.4, -0.2) is 23.8 Å². The number of hydrogen-bond acceptors (Lipinski definition) is 0. The number of hydrogen-bond donors (Lipinski definition) is 1. The zero-order valence-corrected chi connectivity index (χ0v) is 10.0. The van der Waals surface area contributed by atoms with Gasteiger partial charge in [-0.15, -0.1) is 0 Å². The monoisotopic (exact) mass is 222 g/mol. The third kappa shape index (κ3) is 1.27. The third-order valence-corrected chi connectivity index (χ3v) is 4.17. The molecule has 0 spiro atoms. The summed E-state index contributed by atoms with van der Waals surface area (Å²) in [5.41, 5.74) is 2.47. The number of rotatable bonds is 1. The molecule has 3 heteroatoms. The molecule has 0 unspecified atom stereocenters. The Morgan fingerprint density at radius 1 is 0.933 bits per heavy atom. The molecule has 0 saturated heterocycles. The minimum atomic E-state index is 0.643. The van der Waals surface area contributed by atoms with E-state index in [2.05, 4.69) is 57.2 Å². The number of para-hydroxylation sites is 2. The van der Waals surface area contributed by atoms with Crippen molar-refractivity contribution in [3.8, 4) is 0 Å². The summed E-state index contributed by atoms with van der Waals surface area (Å²) in [4.78, 5) is 3.47. The van der Waals surface area contributed by atoms with Gasteiger partial charge in [0, 0.05) is 31.6 Å². The van der Waals surface area contributed by atoms with Crippen molar-refractivity contribution in [2.24, 2.45) is 0 Å². The van der Waals surface area contributed by atoms with Crippen LogP contribution in [-0.2, 0) is 0 Å². The van der Waals surface area contributed by atoms with Crippen molar-refractivity contribution in [3.63, 3.8) is 0 Å². The van der Waals surface area contributed by atoms with Crippen LogP contribution in [0.2, 0.25) is 0 Å². The molecule has 3 aromatic rings. The second-order valence-corrected chi connectivity index (χ2v) is 5.06. The molecule has 0 aliphatic carbocycles. The highest BCUT2D eigenvalue weighted by molar-refractivity contribution is 6.98. The molecule has 2 aromatic carbocycles. The Morgan fingerprint density at radius 2 is 1.73 bits per heavy atom. The molecule has 0 amide bonds. The van der Waals surface area contributed by atoms with E-state index in [1.165, 1.54) is 27.0 Å². The smallest absolute Gasteiger partial charge is 0.0633 e. The first kappa shape index (κ1) is 8.94. The van der Waals surface area contributed by atoms with Crippen LogP contribution in [0.5, 0.6) is 0 Å². The molecular formula is C12H8NSi2. The van der Waals surface area contributed by atoms with Gasteiger partial charge in [-0.3, -0.25) is 0 Å². The minimum absolute atomic E-state index is 0.643. The van der Waals surface area contributed by atoms with E-state index in [1.807, 2.05) is 0 Å². The number of aromatic nitrogens is 1. The van der Waals surface area contributed by atoms with Gasteiger partial charge in [0.15, 0.2) is 0 Å². The molecule has 0 atom stereocenters. The van der Waals surface area contributed by atoms with Crippen LogP contribution >= 0.6 is 0 Å². The summed E-state index contributed by atoms with van der Waals surface area (Å²) in [6, 6.07) is 14.9. The molecular weight excluding hydrogens is 214 g/mol. The van der Waals surface area contributed by atoms with Gasteiger partial charge in [0.05, 0.1) is 9.04 Å². The average Bonchev–Trinajstić information content (AvgIpc) is 2.67. The second kappa shape index (κ2) is 3.36. The van der Waals surface area contributed by atoms with Gasteiger partial charge in [-0.25, -0.2) is 0 Å². The molecule has 5 radical (unpaired) electrons. The van der Waals surface area contributed by atoms with E-state index >= 15 is 0 Å². The summed E-state index contributed by atoms with van der Waals surface area (Å²) in [6.07, 6.45) is 0. The lowest BCUT2D eigenvalue weighted by Gasteiger charge is -1.97. The Hall–Kier alpha value is -1.33. The van der Waals surface area contributed by atoms with Crippen molar-refractivity contribution < 1.29 is 0 Å². The van der Waals surface area contributed by atoms with Crippen molar-refractivity contribution >= 4 is 45.8 Å².